The van der Waals surface area contributed by atoms with Crippen LogP contribution in [0.15, 0.2) is 79.1 Å². The van der Waals surface area contributed by atoms with Gasteiger partial charge in [-0.1, -0.05) is 48.5 Å². The van der Waals surface area contributed by atoms with Crippen LogP contribution in [0.1, 0.15) is 5.56 Å². The first-order chi connectivity index (χ1) is 14.7. The second-order valence-corrected chi connectivity index (χ2v) is 6.83. The number of anilines is 1. The van der Waals surface area contributed by atoms with E-state index in [1.807, 2.05) is 42.5 Å². The van der Waals surface area contributed by atoms with Crippen LogP contribution in [0.4, 0.5) is 10.2 Å². The van der Waals surface area contributed by atoms with E-state index in [2.05, 4.69) is 20.1 Å². The first-order valence-electron chi connectivity index (χ1n) is 9.44. The van der Waals surface area contributed by atoms with Gasteiger partial charge >= 0.3 is 0 Å². The number of nitrogens with zero attached hydrogens (tertiary/aromatic N) is 5. The number of nitrogen functional groups attached to an aromatic ring is 1. The van der Waals surface area contributed by atoms with Crippen molar-refractivity contribution in [2.45, 2.75) is 6.54 Å². The lowest BCUT2D eigenvalue weighted by Gasteiger charge is -2.06. The van der Waals surface area contributed by atoms with E-state index in [1.165, 1.54) is 6.07 Å². The topological polar surface area (TPSA) is 82.5 Å². The van der Waals surface area contributed by atoms with Crippen molar-refractivity contribution in [3.8, 4) is 22.6 Å². The number of hydrogen-bond donors (Lipinski definition) is 1. The molecule has 0 saturated carbocycles. The third kappa shape index (κ3) is 3.16. The lowest BCUT2D eigenvalue weighted by molar-refractivity contribution is 0.589. The Balaban J connectivity index is 1.60. The van der Waals surface area contributed by atoms with Gasteiger partial charge < -0.3 is 5.73 Å². The lowest BCUT2D eigenvalue weighted by atomic mass is 10.1. The van der Waals surface area contributed by atoms with Crippen molar-refractivity contribution in [3.63, 3.8) is 0 Å². The molecule has 5 rings (SSSR count). The Labute approximate surface area is 171 Å². The molecule has 0 unspecified atom stereocenters. The fourth-order valence-corrected chi connectivity index (χ4v) is 3.42. The number of pyridine rings is 1. The molecule has 5 aromatic rings. The van der Waals surface area contributed by atoms with E-state index in [9.17, 15) is 4.39 Å². The van der Waals surface area contributed by atoms with Gasteiger partial charge in [-0.15, -0.1) is 0 Å². The largest absolute Gasteiger partial charge is 0.383 e. The summed E-state index contributed by atoms with van der Waals surface area (Å²) < 4.78 is 15.8. The van der Waals surface area contributed by atoms with Crippen LogP contribution in [0.25, 0.3) is 33.7 Å². The first kappa shape index (κ1) is 17.9. The van der Waals surface area contributed by atoms with Gasteiger partial charge in [0.15, 0.2) is 11.5 Å². The Bertz CT molecular complexity index is 1350. The van der Waals surface area contributed by atoms with Crippen molar-refractivity contribution in [1.29, 1.82) is 0 Å². The minimum atomic E-state index is -0.286. The third-order valence-electron chi connectivity index (χ3n) is 4.90. The van der Waals surface area contributed by atoms with Crippen LogP contribution in [0.3, 0.4) is 0 Å². The average molecular weight is 396 g/mol. The number of benzene rings is 2. The molecule has 3 heterocycles. The molecule has 30 heavy (non-hydrogen) atoms. The van der Waals surface area contributed by atoms with Crippen molar-refractivity contribution in [2.75, 3.05) is 5.73 Å². The smallest absolute Gasteiger partial charge is 0.182 e. The maximum Gasteiger partial charge on any atom is 0.182 e. The monoisotopic (exact) mass is 396 g/mol. The zero-order valence-electron chi connectivity index (χ0n) is 15.9. The molecule has 7 heteroatoms. The number of rotatable bonds is 4. The summed E-state index contributed by atoms with van der Waals surface area (Å²) in [4.78, 5) is 13.4. The molecule has 2 N–H and O–H groups in total. The summed E-state index contributed by atoms with van der Waals surface area (Å²) in [7, 11) is 0. The van der Waals surface area contributed by atoms with Gasteiger partial charge in [0.2, 0.25) is 0 Å². The molecule has 2 aromatic carbocycles. The molecule has 0 aliphatic rings. The Kier molecular flexibility index (Phi) is 4.40. The van der Waals surface area contributed by atoms with Gasteiger partial charge in [-0.25, -0.2) is 24.0 Å². The normalized spacial score (nSPS) is 11.1. The van der Waals surface area contributed by atoms with Crippen molar-refractivity contribution in [1.82, 2.24) is 24.7 Å². The number of fused-ring (bicyclic) bond motifs is 1. The minimum Gasteiger partial charge on any atom is -0.383 e. The van der Waals surface area contributed by atoms with Crippen molar-refractivity contribution < 1.29 is 4.39 Å². The van der Waals surface area contributed by atoms with Crippen molar-refractivity contribution in [2.24, 2.45) is 0 Å². The summed E-state index contributed by atoms with van der Waals surface area (Å²) >= 11 is 0. The Hall–Kier alpha value is -4.13. The van der Waals surface area contributed by atoms with Crippen LogP contribution in [-0.2, 0) is 6.54 Å². The fourth-order valence-electron chi connectivity index (χ4n) is 3.42. The van der Waals surface area contributed by atoms with E-state index in [-0.39, 0.29) is 12.4 Å². The second kappa shape index (κ2) is 7.36. The molecule has 0 spiro atoms. The Morgan fingerprint density at radius 1 is 0.900 bits per heavy atom. The van der Waals surface area contributed by atoms with Crippen LogP contribution in [-0.4, -0.2) is 24.7 Å². The van der Waals surface area contributed by atoms with E-state index >= 15 is 0 Å². The van der Waals surface area contributed by atoms with Gasteiger partial charge in [-0.3, -0.25) is 0 Å². The van der Waals surface area contributed by atoms with Crippen molar-refractivity contribution >= 4 is 16.9 Å². The number of hydrogen-bond acceptors (Lipinski definition) is 5. The van der Waals surface area contributed by atoms with Gasteiger partial charge in [0.25, 0.3) is 0 Å². The third-order valence-corrected chi connectivity index (χ3v) is 4.90. The molecular weight excluding hydrogens is 379 g/mol. The molecule has 0 radical (unpaired) electrons. The summed E-state index contributed by atoms with van der Waals surface area (Å²) in [6.45, 7) is 0.248. The molecule has 0 fully saturated rings. The van der Waals surface area contributed by atoms with Crippen LogP contribution >= 0.6 is 0 Å². The SMILES string of the molecule is Nc1nc(-c2nn(Cc3ccccc3F)c3ncccc23)ncc1-c1ccccc1. The molecule has 3 aromatic heterocycles. The highest BCUT2D eigenvalue weighted by Gasteiger charge is 2.18. The summed E-state index contributed by atoms with van der Waals surface area (Å²) in [6, 6.07) is 20.1. The molecule has 0 saturated heterocycles. The first-order valence-corrected chi connectivity index (χ1v) is 9.44. The summed E-state index contributed by atoms with van der Waals surface area (Å²) in [5.74, 6) is 0.482. The van der Waals surface area contributed by atoms with Crippen molar-refractivity contribution in [3.05, 3.63) is 90.5 Å². The molecule has 0 amide bonds. The molecule has 0 atom stereocenters. The van der Waals surface area contributed by atoms with Gasteiger partial charge in [0.05, 0.1) is 11.9 Å². The Morgan fingerprint density at radius 2 is 1.70 bits per heavy atom. The number of aromatic nitrogens is 5. The van der Waals surface area contributed by atoms with Crippen LogP contribution in [0, 0.1) is 5.82 Å². The fraction of sp³-hybridized carbons (Fsp3) is 0.0435. The highest BCUT2D eigenvalue weighted by Crippen LogP contribution is 2.29. The quantitative estimate of drug-likeness (QED) is 0.489. The summed E-state index contributed by atoms with van der Waals surface area (Å²) in [6.07, 6.45) is 3.38. The predicted molar refractivity (Wildman–Crippen MR) is 114 cm³/mol. The molecule has 6 nitrogen and oxygen atoms in total. The minimum absolute atomic E-state index is 0.248. The van der Waals surface area contributed by atoms with E-state index in [1.54, 1.807) is 35.3 Å². The highest BCUT2D eigenvalue weighted by atomic mass is 19.1. The zero-order valence-corrected chi connectivity index (χ0v) is 15.9. The standard InChI is InChI=1S/C23H17FN6/c24-19-11-5-4-9-16(19)14-30-23-17(10-6-12-26-23)20(29-30)22-27-13-18(21(25)28-22)15-7-2-1-3-8-15/h1-13H,14H2,(H2,25,27,28). The highest BCUT2D eigenvalue weighted by molar-refractivity contribution is 5.89. The molecule has 0 aliphatic carbocycles. The van der Waals surface area contributed by atoms with Crippen LogP contribution < -0.4 is 5.73 Å². The molecular formula is C23H17FN6. The second-order valence-electron chi connectivity index (χ2n) is 6.83. The van der Waals surface area contributed by atoms with E-state index in [0.29, 0.717) is 28.5 Å². The van der Waals surface area contributed by atoms with Gasteiger partial charge in [-0.05, 0) is 23.8 Å². The zero-order chi connectivity index (χ0) is 20.5. The van der Waals surface area contributed by atoms with E-state index in [0.717, 1.165) is 16.5 Å². The van der Waals surface area contributed by atoms with Gasteiger partial charge in [-0.2, -0.15) is 5.10 Å². The number of nitrogens with two attached hydrogens (primary N) is 1. The van der Waals surface area contributed by atoms with Crippen LogP contribution in [0.5, 0.6) is 0 Å². The molecule has 146 valence electrons. The lowest BCUT2D eigenvalue weighted by Crippen LogP contribution is -2.05. The average Bonchev–Trinajstić information content (AvgIpc) is 3.14. The van der Waals surface area contributed by atoms with E-state index < -0.39 is 0 Å². The van der Waals surface area contributed by atoms with Crippen LogP contribution in [0.2, 0.25) is 0 Å². The number of halogens is 1. The van der Waals surface area contributed by atoms with E-state index in [4.69, 9.17) is 5.73 Å². The summed E-state index contributed by atoms with van der Waals surface area (Å²) in [5.41, 5.74) is 9.65. The van der Waals surface area contributed by atoms with Gasteiger partial charge in [0, 0.05) is 23.5 Å². The molecule has 0 aliphatic heterocycles. The Morgan fingerprint density at radius 3 is 2.50 bits per heavy atom. The summed E-state index contributed by atoms with van der Waals surface area (Å²) in [5, 5.41) is 5.42. The maximum absolute atomic E-state index is 14.2. The maximum atomic E-state index is 14.2. The predicted octanol–water partition coefficient (Wildman–Crippen LogP) is 4.32. The molecule has 0 bridgehead atoms. The van der Waals surface area contributed by atoms with Gasteiger partial charge in [0.1, 0.15) is 17.3 Å².